The summed E-state index contributed by atoms with van der Waals surface area (Å²) in [6.07, 6.45) is 1.08. The summed E-state index contributed by atoms with van der Waals surface area (Å²) < 4.78 is 54.5. The normalized spacial score (nSPS) is 20.0. The number of hydrogen-bond donors (Lipinski definition) is 0. The topological polar surface area (TPSA) is 102 Å². The van der Waals surface area contributed by atoms with Crippen molar-refractivity contribution in [1.82, 2.24) is 18.4 Å². The minimum atomic E-state index is -3.66. The Morgan fingerprint density at radius 2 is 1.42 bits per heavy atom. The molecule has 12 heteroatoms. The van der Waals surface area contributed by atoms with Gasteiger partial charge >= 0.3 is 0 Å². The van der Waals surface area contributed by atoms with Gasteiger partial charge in [0, 0.05) is 52.4 Å². The van der Waals surface area contributed by atoms with Gasteiger partial charge in [0.2, 0.25) is 15.9 Å². The van der Waals surface area contributed by atoms with Crippen molar-refractivity contribution in [2.75, 3.05) is 76.5 Å². The predicted molar refractivity (Wildman–Crippen MR) is 120 cm³/mol. The lowest BCUT2D eigenvalue weighted by molar-refractivity contribution is -0.130. The minimum Gasteiger partial charge on any atom is -0.338 e. The number of carbonyl (C=O) groups excluding carboxylic acids is 1. The van der Waals surface area contributed by atoms with Crippen LogP contribution >= 0.6 is 0 Å². The van der Waals surface area contributed by atoms with Crippen LogP contribution in [0.3, 0.4) is 0 Å². The lowest BCUT2D eigenvalue weighted by Gasteiger charge is -2.39. The van der Waals surface area contributed by atoms with E-state index in [1.54, 1.807) is 31.2 Å². The fourth-order valence-electron chi connectivity index (χ4n) is 3.80. The molecule has 2 saturated heterocycles. The van der Waals surface area contributed by atoms with Gasteiger partial charge in [0.25, 0.3) is 10.2 Å². The number of piperazine rings is 2. The van der Waals surface area contributed by atoms with E-state index in [-0.39, 0.29) is 38.6 Å². The van der Waals surface area contributed by atoms with Crippen molar-refractivity contribution in [3.8, 4) is 0 Å². The Morgan fingerprint density at radius 1 is 0.903 bits per heavy atom. The molecule has 2 heterocycles. The first-order valence-electron chi connectivity index (χ1n) is 10.2. The molecular formula is C19H31N5O5S2. The van der Waals surface area contributed by atoms with Crippen LogP contribution in [0.25, 0.3) is 0 Å². The maximum atomic E-state index is 12.9. The number of nitrogens with zero attached hydrogens (tertiary/aromatic N) is 5. The monoisotopic (exact) mass is 473 g/mol. The number of benzene rings is 1. The summed E-state index contributed by atoms with van der Waals surface area (Å²) in [7, 11) is -5.25. The predicted octanol–water partition coefficient (Wildman–Crippen LogP) is -0.603. The average molecular weight is 474 g/mol. The highest BCUT2D eigenvalue weighted by molar-refractivity contribution is 7.92. The lowest BCUT2D eigenvalue weighted by atomic mass is 10.2. The van der Waals surface area contributed by atoms with Crippen LogP contribution < -0.4 is 4.31 Å². The summed E-state index contributed by atoms with van der Waals surface area (Å²) in [6, 6.07) is 7.00. The summed E-state index contributed by atoms with van der Waals surface area (Å²) in [5.74, 6) is -0.342. The molecule has 0 aromatic heterocycles. The zero-order valence-electron chi connectivity index (χ0n) is 18.3. The highest BCUT2D eigenvalue weighted by Gasteiger charge is 2.35. The third-order valence-electron chi connectivity index (χ3n) is 5.77. The van der Waals surface area contributed by atoms with Gasteiger partial charge in [-0.25, -0.2) is 8.42 Å². The average Bonchev–Trinajstić information content (AvgIpc) is 2.72. The van der Waals surface area contributed by atoms with Crippen molar-refractivity contribution < 1.29 is 21.6 Å². The SMILES string of the molecule is Cc1ccccc1N(CC(=O)N1CCN(S(=O)(=O)N2CCN(C)CC2)CC1)S(C)(=O)=O. The molecule has 2 fully saturated rings. The number of anilines is 1. The van der Waals surface area contributed by atoms with Crippen LogP contribution in [-0.4, -0.2) is 113 Å². The molecule has 1 amide bonds. The van der Waals surface area contributed by atoms with E-state index in [4.69, 9.17) is 0 Å². The lowest BCUT2D eigenvalue weighted by Crippen LogP contribution is -2.58. The summed E-state index contributed by atoms with van der Waals surface area (Å²) in [6.45, 7) is 4.64. The largest absolute Gasteiger partial charge is 0.338 e. The van der Waals surface area contributed by atoms with Crippen LogP contribution in [0.15, 0.2) is 24.3 Å². The van der Waals surface area contributed by atoms with Gasteiger partial charge in [-0.15, -0.1) is 0 Å². The van der Waals surface area contributed by atoms with Gasteiger partial charge in [0.05, 0.1) is 11.9 Å². The summed E-state index contributed by atoms with van der Waals surface area (Å²) >= 11 is 0. The van der Waals surface area contributed by atoms with Crippen molar-refractivity contribution in [3.63, 3.8) is 0 Å². The van der Waals surface area contributed by atoms with Crippen molar-refractivity contribution in [2.45, 2.75) is 6.92 Å². The van der Waals surface area contributed by atoms with Gasteiger partial charge < -0.3 is 9.80 Å². The first-order chi connectivity index (χ1) is 14.5. The number of rotatable bonds is 6. The van der Waals surface area contributed by atoms with Crippen molar-refractivity contribution in [1.29, 1.82) is 0 Å². The van der Waals surface area contributed by atoms with Crippen LogP contribution in [0.5, 0.6) is 0 Å². The second-order valence-corrected chi connectivity index (χ2v) is 11.9. The molecule has 0 N–H and O–H groups in total. The first kappa shape index (κ1) is 23.9. The molecule has 1 aromatic rings. The third-order valence-corrected chi connectivity index (χ3v) is 8.93. The highest BCUT2D eigenvalue weighted by atomic mass is 32.2. The molecule has 3 rings (SSSR count). The molecule has 2 aliphatic rings. The first-order valence-corrected chi connectivity index (χ1v) is 13.5. The molecule has 0 saturated carbocycles. The molecule has 0 radical (unpaired) electrons. The Hall–Kier alpha value is -1.73. The van der Waals surface area contributed by atoms with Gasteiger partial charge in [0.15, 0.2) is 0 Å². The van der Waals surface area contributed by atoms with E-state index in [9.17, 15) is 21.6 Å². The quantitative estimate of drug-likeness (QED) is 0.547. The fourth-order valence-corrected chi connectivity index (χ4v) is 6.28. The Morgan fingerprint density at radius 3 is 1.94 bits per heavy atom. The second-order valence-electron chi connectivity index (χ2n) is 8.05. The third kappa shape index (κ3) is 5.55. The van der Waals surface area contributed by atoms with Crippen molar-refractivity contribution in [2.24, 2.45) is 0 Å². The van der Waals surface area contributed by atoms with E-state index in [1.165, 1.54) is 13.5 Å². The van der Waals surface area contributed by atoms with E-state index >= 15 is 0 Å². The Kier molecular flexibility index (Phi) is 7.26. The molecule has 0 aliphatic carbocycles. The molecule has 0 bridgehead atoms. The molecule has 0 unspecified atom stereocenters. The molecule has 0 atom stereocenters. The van der Waals surface area contributed by atoms with E-state index in [0.717, 1.165) is 16.1 Å². The van der Waals surface area contributed by atoms with Crippen molar-refractivity contribution >= 4 is 31.8 Å². The summed E-state index contributed by atoms with van der Waals surface area (Å²) in [5.41, 5.74) is 1.22. The van der Waals surface area contributed by atoms with Gasteiger partial charge in [0.1, 0.15) is 6.54 Å². The van der Waals surface area contributed by atoms with Crippen LogP contribution in [0.1, 0.15) is 5.56 Å². The molecular weight excluding hydrogens is 442 g/mol. The molecule has 10 nitrogen and oxygen atoms in total. The van der Waals surface area contributed by atoms with Crippen LogP contribution in [-0.2, 0) is 25.0 Å². The number of sulfonamides is 1. The Labute approximate surface area is 185 Å². The summed E-state index contributed by atoms with van der Waals surface area (Å²) in [4.78, 5) is 16.5. The van der Waals surface area contributed by atoms with Crippen LogP contribution in [0.2, 0.25) is 0 Å². The van der Waals surface area contributed by atoms with Gasteiger partial charge in [-0.05, 0) is 25.6 Å². The van der Waals surface area contributed by atoms with Gasteiger partial charge in [-0.2, -0.15) is 17.0 Å². The highest BCUT2D eigenvalue weighted by Crippen LogP contribution is 2.22. The van der Waals surface area contributed by atoms with Gasteiger partial charge in [-0.1, -0.05) is 18.2 Å². The molecule has 2 aliphatic heterocycles. The summed E-state index contributed by atoms with van der Waals surface area (Å²) in [5, 5.41) is 0. The maximum Gasteiger partial charge on any atom is 0.282 e. The number of carbonyl (C=O) groups is 1. The van der Waals surface area contributed by atoms with E-state index in [0.29, 0.717) is 31.9 Å². The zero-order chi connectivity index (χ0) is 22.8. The zero-order valence-corrected chi connectivity index (χ0v) is 19.9. The van der Waals surface area contributed by atoms with E-state index in [1.807, 2.05) is 7.05 Å². The minimum absolute atomic E-state index is 0.198. The molecule has 0 spiro atoms. The second kappa shape index (κ2) is 9.41. The Bertz CT molecular complexity index is 998. The number of likely N-dealkylation sites (N-methyl/N-ethyl adjacent to an activating group) is 1. The number of hydrogen-bond acceptors (Lipinski definition) is 6. The van der Waals surface area contributed by atoms with E-state index in [2.05, 4.69) is 4.90 Å². The van der Waals surface area contributed by atoms with Gasteiger partial charge in [-0.3, -0.25) is 9.10 Å². The van der Waals surface area contributed by atoms with Crippen molar-refractivity contribution in [3.05, 3.63) is 29.8 Å². The van der Waals surface area contributed by atoms with Crippen LogP contribution in [0, 0.1) is 6.92 Å². The maximum absolute atomic E-state index is 12.9. The Balaban J connectivity index is 1.63. The molecule has 1 aromatic carbocycles. The number of amides is 1. The molecule has 174 valence electrons. The molecule has 31 heavy (non-hydrogen) atoms. The van der Waals surface area contributed by atoms with E-state index < -0.39 is 20.2 Å². The fraction of sp³-hybridized carbons (Fsp3) is 0.632. The number of aryl methyl sites for hydroxylation is 1. The standard InChI is InChI=1S/C19H31N5O5S2/c1-17-6-4-5-7-18(17)24(30(3,26)27)16-19(25)21-10-14-23(15-11-21)31(28,29)22-12-8-20(2)9-13-22/h4-7H,8-16H2,1-3H3. The number of para-hydroxylation sites is 1. The smallest absolute Gasteiger partial charge is 0.282 e. The van der Waals surface area contributed by atoms with Crippen LogP contribution in [0.4, 0.5) is 5.69 Å².